The Morgan fingerprint density at radius 1 is 1.25 bits per heavy atom. The molecule has 32 heavy (non-hydrogen) atoms. The number of hydrogen-bond donors (Lipinski definition) is 2. The summed E-state index contributed by atoms with van der Waals surface area (Å²) in [4.78, 5) is 15.5. The van der Waals surface area contributed by atoms with Gasteiger partial charge in [0.1, 0.15) is 10.7 Å². The van der Waals surface area contributed by atoms with Crippen molar-refractivity contribution in [1.82, 2.24) is 30.3 Å². The summed E-state index contributed by atoms with van der Waals surface area (Å²) in [6, 6.07) is 9.29. The van der Waals surface area contributed by atoms with E-state index in [2.05, 4.69) is 35.6 Å². The highest BCUT2D eigenvalue weighted by Crippen LogP contribution is 2.38. The van der Waals surface area contributed by atoms with E-state index in [0.717, 1.165) is 11.4 Å². The number of aromatic amines is 1. The largest absolute Gasteiger partial charge is 0.380 e. The van der Waals surface area contributed by atoms with Gasteiger partial charge >= 0.3 is 0 Å². The van der Waals surface area contributed by atoms with Gasteiger partial charge in [-0.1, -0.05) is 22.8 Å². The van der Waals surface area contributed by atoms with Crippen molar-refractivity contribution < 1.29 is 9.26 Å². The number of ether oxygens (including phenoxy) is 1. The monoisotopic (exact) mass is 452 g/mol. The predicted molar refractivity (Wildman–Crippen MR) is 119 cm³/mol. The number of rotatable bonds is 6. The Balaban J connectivity index is 1.45. The smallest absolute Gasteiger partial charge is 0.228 e. The van der Waals surface area contributed by atoms with Crippen LogP contribution < -0.4 is 10.2 Å². The van der Waals surface area contributed by atoms with Crippen molar-refractivity contribution in [1.29, 1.82) is 0 Å². The molecular weight excluding hydrogens is 432 g/mol. The SMILES string of the molecule is CO[C@@H]1C[C@@H](c2cc(-c3ccccn3)no2)N(c2ncc(Cl)c(Nc3cc(C)[nH]n3)n2)C1. The second-order valence-corrected chi connectivity index (χ2v) is 7.93. The highest BCUT2D eigenvalue weighted by atomic mass is 35.5. The lowest BCUT2D eigenvalue weighted by atomic mass is 10.1. The van der Waals surface area contributed by atoms with Crippen molar-refractivity contribution >= 4 is 29.2 Å². The topological polar surface area (TPSA) is 118 Å². The molecule has 1 fully saturated rings. The van der Waals surface area contributed by atoms with E-state index in [1.54, 1.807) is 19.5 Å². The van der Waals surface area contributed by atoms with Gasteiger partial charge < -0.3 is 19.5 Å². The maximum absolute atomic E-state index is 6.34. The molecule has 1 aliphatic heterocycles. The zero-order valence-corrected chi connectivity index (χ0v) is 18.2. The van der Waals surface area contributed by atoms with Crippen LogP contribution in [0.3, 0.4) is 0 Å². The van der Waals surface area contributed by atoms with Crippen LogP contribution in [0.15, 0.2) is 47.2 Å². The van der Waals surface area contributed by atoms with Crippen LogP contribution in [0.1, 0.15) is 23.9 Å². The van der Waals surface area contributed by atoms with Crippen molar-refractivity contribution in [3.8, 4) is 11.4 Å². The van der Waals surface area contributed by atoms with E-state index < -0.39 is 0 Å². The lowest BCUT2D eigenvalue weighted by Gasteiger charge is -2.22. The van der Waals surface area contributed by atoms with Crippen LogP contribution >= 0.6 is 11.6 Å². The van der Waals surface area contributed by atoms with Crippen LogP contribution in [0.4, 0.5) is 17.6 Å². The van der Waals surface area contributed by atoms with Crippen LogP contribution in [-0.4, -0.2) is 50.1 Å². The van der Waals surface area contributed by atoms with Gasteiger partial charge in [-0.25, -0.2) is 4.98 Å². The Morgan fingerprint density at radius 3 is 2.91 bits per heavy atom. The Labute approximate surface area is 189 Å². The molecule has 5 heterocycles. The number of nitrogens with zero attached hydrogens (tertiary/aromatic N) is 6. The quantitative estimate of drug-likeness (QED) is 0.448. The minimum absolute atomic E-state index is 0.00641. The van der Waals surface area contributed by atoms with Crippen LogP contribution in [0.25, 0.3) is 11.4 Å². The summed E-state index contributed by atoms with van der Waals surface area (Å²) in [6.07, 6.45) is 4.00. The first-order valence-corrected chi connectivity index (χ1v) is 10.5. The van der Waals surface area contributed by atoms with Crippen LogP contribution in [-0.2, 0) is 4.74 Å². The molecule has 164 valence electrons. The number of aromatic nitrogens is 6. The first-order chi connectivity index (χ1) is 15.6. The van der Waals surface area contributed by atoms with E-state index in [1.165, 1.54) is 0 Å². The van der Waals surface area contributed by atoms with E-state index >= 15 is 0 Å². The highest BCUT2D eigenvalue weighted by molar-refractivity contribution is 6.32. The number of aryl methyl sites for hydroxylation is 1. The zero-order chi connectivity index (χ0) is 22.1. The van der Waals surface area contributed by atoms with Gasteiger partial charge in [0.2, 0.25) is 5.95 Å². The molecule has 4 aromatic heterocycles. The van der Waals surface area contributed by atoms with Crippen LogP contribution in [0.2, 0.25) is 5.02 Å². The average molecular weight is 453 g/mol. The minimum atomic E-state index is -0.147. The standard InChI is InChI=1S/C21H21ClN8O2/c1-12-7-19(28-27-12)25-20-14(22)10-24-21(26-20)30-11-13(31-2)8-17(30)18-9-16(29-32-18)15-5-3-4-6-23-15/h3-7,9-10,13,17H,8,11H2,1-2H3,(H2,24,25,26,27,28)/t13-,17+/m1/s1. The van der Waals surface area contributed by atoms with E-state index in [0.29, 0.717) is 47.0 Å². The molecule has 2 N–H and O–H groups in total. The lowest BCUT2D eigenvalue weighted by molar-refractivity contribution is 0.117. The van der Waals surface area contributed by atoms with Crippen molar-refractivity contribution in [2.45, 2.75) is 25.5 Å². The number of anilines is 3. The van der Waals surface area contributed by atoms with Crippen LogP contribution in [0.5, 0.6) is 0 Å². The molecule has 11 heteroatoms. The Bertz CT molecular complexity index is 1210. The molecule has 0 bridgehead atoms. The maximum atomic E-state index is 6.34. The normalized spacial score (nSPS) is 18.3. The Hall–Kier alpha value is -3.50. The third-order valence-corrected chi connectivity index (χ3v) is 5.60. The first kappa shape index (κ1) is 20.4. The van der Waals surface area contributed by atoms with Gasteiger partial charge in [0, 0.05) is 44.1 Å². The molecule has 2 atom stereocenters. The molecule has 0 saturated carbocycles. The van der Waals surface area contributed by atoms with Gasteiger partial charge in [-0.3, -0.25) is 10.1 Å². The van der Waals surface area contributed by atoms with Gasteiger partial charge in [-0.15, -0.1) is 0 Å². The number of pyridine rings is 1. The summed E-state index contributed by atoms with van der Waals surface area (Å²) in [5.41, 5.74) is 2.35. The number of nitrogens with one attached hydrogen (secondary N) is 2. The predicted octanol–water partition coefficient (Wildman–Crippen LogP) is 3.92. The number of halogens is 1. The molecule has 0 radical (unpaired) electrons. The summed E-state index contributed by atoms with van der Waals surface area (Å²) in [5, 5.41) is 14.8. The average Bonchev–Trinajstić information content (AvgIpc) is 3.55. The Kier molecular flexibility index (Phi) is 5.46. The van der Waals surface area contributed by atoms with Crippen LogP contribution in [0, 0.1) is 6.92 Å². The summed E-state index contributed by atoms with van der Waals surface area (Å²) < 4.78 is 11.3. The fourth-order valence-electron chi connectivity index (χ4n) is 3.73. The summed E-state index contributed by atoms with van der Waals surface area (Å²) in [5.74, 6) is 2.29. The molecule has 0 amide bonds. The number of hydrogen-bond acceptors (Lipinski definition) is 9. The van der Waals surface area contributed by atoms with E-state index in [-0.39, 0.29) is 12.1 Å². The van der Waals surface area contributed by atoms with Gasteiger partial charge in [0.15, 0.2) is 17.4 Å². The van der Waals surface area contributed by atoms with Crippen molar-refractivity contribution in [3.05, 3.63) is 59.2 Å². The summed E-state index contributed by atoms with van der Waals surface area (Å²) in [7, 11) is 1.69. The van der Waals surface area contributed by atoms with Gasteiger partial charge in [0.25, 0.3) is 0 Å². The minimum Gasteiger partial charge on any atom is -0.380 e. The van der Waals surface area contributed by atoms with E-state index in [4.69, 9.17) is 20.9 Å². The van der Waals surface area contributed by atoms with Gasteiger partial charge in [0.05, 0.1) is 24.0 Å². The fraction of sp³-hybridized carbons (Fsp3) is 0.286. The number of H-pyrrole nitrogens is 1. The summed E-state index contributed by atoms with van der Waals surface area (Å²) >= 11 is 6.34. The molecule has 0 spiro atoms. The highest BCUT2D eigenvalue weighted by Gasteiger charge is 2.37. The first-order valence-electron chi connectivity index (χ1n) is 10.1. The third-order valence-electron chi connectivity index (χ3n) is 5.32. The lowest BCUT2D eigenvalue weighted by Crippen LogP contribution is -2.26. The van der Waals surface area contributed by atoms with Crippen molar-refractivity contribution in [2.24, 2.45) is 0 Å². The Morgan fingerprint density at radius 2 is 2.16 bits per heavy atom. The van der Waals surface area contributed by atoms with E-state index in [9.17, 15) is 0 Å². The van der Waals surface area contributed by atoms with E-state index in [1.807, 2.05) is 42.2 Å². The van der Waals surface area contributed by atoms with Crippen molar-refractivity contribution in [2.75, 3.05) is 23.9 Å². The molecule has 0 aliphatic carbocycles. The second kappa shape index (κ2) is 8.56. The zero-order valence-electron chi connectivity index (χ0n) is 17.5. The fourth-order valence-corrected chi connectivity index (χ4v) is 3.87. The van der Waals surface area contributed by atoms with Gasteiger partial charge in [-0.05, 0) is 19.1 Å². The number of methoxy groups -OCH3 is 1. The third kappa shape index (κ3) is 4.02. The molecule has 1 saturated heterocycles. The molecular formula is C21H21ClN8O2. The maximum Gasteiger partial charge on any atom is 0.228 e. The van der Waals surface area contributed by atoms with Gasteiger partial charge in [-0.2, -0.15) is 10.1 Å². The molecule has 0 aromatic carbocycles. The molecule has 10 nitrogen and oxygen atoms in total. The molecule has 0 unspecified atom stereocenters. The molecule has 1 aliphatic rings. The van der Waals surface area contributed by atoms with Crippen molar-refractivity contribution in [3.63, 3.8) is 0 Å². The molecule has 5 rings (SSSR count). The second-order valence-electron chi connectivity index (χ2n) is 7.52. The molecule has 4 aromatic rings. The summed E-state index contributed by atoms with van der Waals surface area (Å²) in [6.45, 7) is 2.52.